The van der Waals surface area contributed by atoms with Crippen molar-refractivity contribution in [2.75, 3.05) is 19.6 Å². The number of nitrogens with one attached hydrogen (secondary N) is 1. The summed E-state index contributed by atoms with van der Waals surface area (Å²) >= 11 is 0. The van der Waals surface area contributed by atoms with Crippen molar-refractivity contribution in [1.82, 2.24) is 30.1 Å². The first kappa shape index (κ1) is 19.2. The molecule has 30 heavy (non-hydrogen) atoms. The van der Waals surface area contributed by atoms with Crippen LogP contribution < -0.4 is 5.32 Å². The van der Waals surface area contributed by atoms with Gasteiger partial charge in [0, 0.05) is 55.9 Å². The maximum Gasteiger partial charge on any atom is 0.230 e. The van der Waals surface area contributed by atoms with Crippen molar-refractivity contribution in [3.63, 3.8) is 0 Å². The Kier molecular flexibility index (Phi) is 4.79. The van der Waals surface area contributed by atoms with Gasteiger partial charge in [-0.25, -0.2) is 0 Å². The number of fused-ring (bicyclic) bond motifs is 1. The zero-order chi connectivity index (χ0) is 20.8. The summed E-state index contributed by atoms with van der Waals surface area (Å²) in [6.45, 7) is 4.04. The molecule has 0 aliphatic carbocycles. The van der Waals surface area contributed by atoms with Gasteiger partial charge in [-0.3, -0.25) is 14.4 Å². The van der Waals surface area contributed by atoms with Crippen LogP contribution in [0.1, 0.15) is 36.8 Å². The number of piperidine rings is 1. The summed E-state index contributed by atoms with van der Waals surface area (Å²) < 4.78 is 7.46. The Morgan fingerprint density at radius 2 is 2.10 bits per heavy atom. The first-order valence-electron chi connectivity index (χ1n) is 10.5. The normalized spacial score (nSPS) is 22.0. The van der Waals surface area contributed by atoms with Crippen LogP contribution in [0, 0.1) is 12.8 Å². The number of rotatable bonds is 4. The molecule has 5 rings (SSSR count). The van der Waals surface area contributed by atoms with Gasteiger partial charge in [0.1, 0.15) is 6.23 Å². The number of carbonyl (C=O) groups excluding carboxylic acids is 1. The summed E-state index contributed by atoms with van der Waals surface area (Å²) in [7, 11) is 1.93. The lowest BCUT2D eigenvalue weighted by atomic mass is 9.95. The average molecular weight is 410 g/mol. The molecule has 9 heteroatoms. The number of amides is 1. The third-order valence-corrected chi connectivity index (χ3v) is 6.42. The van der Waals surface area contributed by atoms with Crippen molar-refractivity contribution in [3.8, 4) is 11.4 Å². The zero-order valence-electron chi connectivity index (χ0n) is 17.2. The minimum Gasteiger partial charge on any atom is -0.378 e. The van der Waals surface area contributed by atoms with Crippen molar-refractivity contribution in [2.24, 2.45) is 13.0 Å². The maximum absolute atomic E-state index is 11.4. The minimum atomic E-state index is -0.586. The van der Waals surface area contributed by atoms with Gasteiger partial charge in [0.2, 0.25) is 17.6 Å². The van der Waals surface area contributed by atoms with Gasteiger partial charge in [-0.05, 0) is 25.8 Å². The predicted octanol–water partition coefficient (Wildman–Crippen LogP) is 1.57. The lowest BCUT2D eigenvalue weighted by Gasteiger charge is -2.36. The molecule has 2 atom stereocenters. The van der Waals surface area contributed by atoms with Crippen LogP contribution in [0.25, 0.3) is 22.3 Å². The molecule has 9 nitrogen and oxygen atoms in total. The highest BCUT2D eigenvalue weighted by Gasteiger charge is 2.35. The second-order valence-corrected chi connectivity index (χ2v) is 8.39. The Balaban J connectivity index is 1.26. The quantitative estimate of drug-likeness (QED) is 0.672. The van der Waals surface area contributed by atoms with E-state index in [1.807, 2.05) is 36.9 Å². The molecule has 0 radical (unpaired) electrons. The van der Waals surface area contributed by atoms with Crippen molar-refractivity contribution >= 4 is 16.8 Å². The van der Waals surface area contributed by atoms with Gasteiger partial charge < -0.3 is 14.9 Å². The SMILES string of the molecule is Cc1nn(C)c2cc(-c3noc(C4CCN(C(O)C5CNC(=O)C5)CC4)n3)ccc12. The Morgan fingerprint density at radius 1 is 1.30 bits per heavy atom. The van der Waals surface area contributed by atoms with E-state index in [0.29, 0.717) is 24.7 Å². The Morgan fingerprint density at radius 3 is 2.83 bits per heavy atom. The summed E-state index contributed by atoms with van der Waals surface area (Å²) in [5, 5.41) is 23.2. The van der Waals surface area contributed by atoms with Crippen LogP contribution >= 0.6 is 0 Å². The molecule has 2 N–H and O–H groups in total. The molecule has 0 spiro atoms. The van der Waals surface area contributed by atoms with Gasteiger partial charge in [0.25, 0.3) is 0 Å². The Bertz CT molecular complexity index is 1080. The monoisotopic (exact) mass is 410 g/mol. The number of carbonyl (C=O) groups is 1. The molecule has 2 unspecified atom stereocenters. The molecule has 2 fully saturated rings. The van der Waals surface area contributed by atoms with E-state index in [2.05, 4.69) is 25.5 Å². The van der Waals surface area contributed by atoms with Crippen molar-refractivity contribution in [2.45, 2.75) is 38.3 Å². The Hall–Kier alpha value is -2.78. The largest absolute Gasteiger partial charge is 0.378 e. The average Bonchev–Trinajstić information content (AvgIpc) is 3.48. The highest BCUT2D eigenvalue weighted by molar-refractivity contribution is 5.85. The molecule has 4 heterocycles. The van der Waals surface area contributed by atoms with Gasteiger partial charge in [0.15, 0.2) is 0 Å². The number of benzene rings is 1. The van der Waals surface area contributed by atoms with E-state index >= 15 is 0 Å². The second kappa shape index (κ2) is 7.48. The number of aliphatic hydroxyl groups is 1. The number of aliphatic hydroxyl groups excluding tert-OH is 1. The van der Waals surface area contributed by atoms with Crippen LogP contribution in [0.3, 0.4) is 0 Å². The molecular weight excluding hydrogens is 384 g/mol. The lowest BCUT2D eigenvalue weighted by Crippen LogP contribution is -2.45. The number of aryl methyl sites for hydroxylation is 2. The van der Waals surface area contributed by atoms with Crippen LogP contribution in [0.5, 0.6) is 0 Å². The number of nitrogens with zero attached hydrogens (tertiary/aromatic N) is 5. The highest BCUT2D eigenvalue weighted by Crippen LogP contribution is 2.31. The van der Waals surface area contributed by atoms with E-state index in [-0.39, 0.29) is 17.7 Å². The third kappa shape index (κ3) is 3.37. The van der Waals surface area contributed by atoms with E-state index in [0.717, 1.165) is 48.1 Å². The highest BCUT2D eigenvalue weighted by atomic mass is 16.5. The number of hydrogen-bond donors (Lipinski definition) is 2. The summed E-state index contributed by atoms with van der Waals surface area (Å²) in [5.74, 6) is 1.41. The van der Waals surface area contributed by atoms with Gasteiger partial charge in [-0.15, -0.1) is 0 Å². The van der Waals surface area contributed by atoms with Crippen LogP contribution in [0.2, 0.25) is 0 Å². The first-order valence-corrected chi connectivity index (χ1v) is 10.5. The third-order valence-electron chi connectivity index (χ3n) is 6.42. The molecule has 2 aromatic heterocycles. The fourth-order valence-electron chi connectivity index (χ4n) is 4.64. The molecule has 158 valence electrons. The van der Waals surface area contributed by atoms with E-state index in [1.54, 1.807) is 0 Å². The minimum absolute atomic E-state index is 0.0202. The maximum atomic E-state index is 11.4. The van der Waals surface area contributed by atoms with Crippen LogP contribution in [-0.2, 0) is 11.8 Å². The fourth-order valence-corrected chi connectivity index (χ4v) is 4.64. The first-order chi connectivity index (χ1) is 14.5. The van der Waals surface area contributed by atoms with Crippen LogP contribution in [-0.4, -0.2) is 61.7 Å². The second-order valence-electron chi connectivity index (χ2n) is 8.39. The molecular formula is C21H26N6O3. The van der Waals surface area contributed by atoms with Gasteiger partial charge in [-0.2, -0.15) is 10.1 Å². The van der Waals surface area contributed by atoms with E-state index in [4.69, 9.17) is 4.52 Å². The molecule has 0 bridgehead atoms. The summed E-state index contributed by atoms with van der Waals surface area (Å²) in [4.78, 5) is 18.1. The molecule has 1 amide bonds. The summed E-state index contributed by atoms with van der Waals surface area (Å²) in [5.41, 5.74) is 2.95. The standard InChI is InChI=1S/C21H26N6O3/c1-12-16-4-3-14(9-17(16)26(2)24-12)19-23-20(30-25-19)13-5-7-27(8-6-13)21(29)15-10-18(28)22-11-15/h3-4,9,13,15,21,29H,5-8,10-11H2,1-2H3,(H,22,28). The fraction of sp³-hybridized carbons (Fsp3) is 0.524. The molecule has 2 aliphatic rings. The smallest absolute Gasteiger partial charge is 0.230 e. The van der Waals surface area contributed by atoms with Gasteiger partial charge in [0.05, 0.1) is 11.2 Å². The summed E-state index contributed by atoms with van der Waals surface area (Å²) in [6, 6.07) is 6.09. The van der Waals surface area contributed by atoms with Crippen LogP contribution in [0.15, 0.2) is 22.7 Å². The van der Waals surface area contributed by atoms with E-state index in [9.17, 15) is 9.90 Å². The van der Waals surface area contributed by atoms with Gasteiger partial charge >= 0.3 is 0 Å². The predicted molar refractivity (Wildman–Crippen MR) is 109 cm³/mol. The molecule has 2 aliphatic heterocycles. The van der Waals surface area contributed by atoms with Crippen molar-refractivity contribution in [1.29, 1.82) is 0 Å². The van der Waals surface area contributed by atoms with Crippen LogP contribution in [0.4, 0.5) is 0 Å². The molecule has 1 aromatic carbocycles. The molecule has 3 aromatic rings. The van der Waals surface area contributed by atoms with E-state index in [1.165, 1.54) is 0 Å². The number of likely N-dealkylation sites (tertiary alicyclic amines) is 1. The summed E-state index contributed by atoms with van der Waals surface area (Å²) in [6.07, 6.45) is 1.49. The van der Waals surface area contributed by atoms with Gasteiger partial charge in [-0.1, -0.05) is 17.3 Å². The topological polar surface area (TPSA) is 109 Å². The number of hydrogen-bond acceptors (Lipinski definition) is 7. The van der Waals surface area contributed by atoms with E-state index < -0.39 is 6.23 Å². The molecule has 2 saturated heterocycles. The number of aromatic nitrogens is 4. The lowest BCUT2D eigenvalue weighted by molar-refractivity contribution is -0.120. The molecule has 0 saturated carbocycles. The van der Waals surface area contributed by atoms with Crippen molar-refractivity contribution < 1.29 is 14.4 Å². The Labute approximate surface area is 174 Å². The zero-order valence-corrected chi connectivity index (χ0v) is 17.2. The van der Waals surface area contributed by atoms with Crippen molar-refractivity contribution in [3.05, 3.63) is 29.8 Å².